The molecule has 1 aromatic rings. The minimum Gasteiger partial charge on any atom is -0.508 e. The van der Waals surface area contributed by atoms with Crippen molar-refractivity contribution in [1.29, 1.82) is 0 Å². The molecule has 14 heavy (non-hydrogen) atoms. The lowest BCUT2D eigenvalue weighted by Gasteiger charge is -2.19. The van der Waals surface area contributed by atoms with Crippen molar-refractivity contribution in [3.63, 3.8) is 0 Å². The zero-order chi connectivity index (χ0) is 10.4. The second-order valence-corrected chi connectivity index (χ2v) is 2.78. The predicted molar refractivity (Wildman–Crippen MR) is 58.0 cm³/mol. The largest absolute Gasteiger partial charge is 0.508 e. The van der Waals surface area contributed by atoms with Crippen LogP contribution in [0.1, 0.15) is 0 Å². The highest BCUT2D eigenvalue weighted by molar-refractivity contribution is 5.50. The first kappa shape index (κ1) is 10.0. The van der Waals surface area contributed by atoms with E-state index in [1.807, 2.05) is 4.90 Å². The van der Waals surface area contributed by atoms with Gasteiger partial charge in [-0.1, -0.05) is 11.8 Å². The van der Waals surface area contributed by atoms with Crippen LogP contribution in [0.15, 0.2) is 24.3 Å². The molecule has 0 aliphatic rings. The molecule has 0 amide bonds. The predicted octanol–water partition coefficient (Wildman–Crippen LogP) is 1.47. The topological polar surface area (TPSA) is 23.5 Å². The smallest absolute Gasteiger partial charge is 0.115 e. The number of nitrogens with zero attached hydrogens (tertiary/aromatic N) is 1. The van der Waals surface area contributed by atoms with Crippen LogP contribution in [0.25, 0.3) is 0 Å². The van der Waals surface area contributed by atoms with Crippen molar-refractivity contribution in [2.45, 2.75) is 0 Å². The molecule has 1 rings (SSSR count). The number of benzene rings is 1. The first-order valence-electron chi connectivity index (χ1n) is 4.19. The molecule has 0 saturated heterocycles. The second kappa shape index (κ2) is 4.84. The maximum atomic E-state index is 9.10. The summed E-state index contributed by atoms with van der Waals surface area (Å²) < 4.78 is 0. The third kappa shape index (κ3) is 2.47. The Kier molecular flexibility index (Phi) is 3.47. The first-order chi connectivity index (χ1) is 6.77. The van der Waals surface area contributed by atoms with Gasteiger partial charge in [0.2, 0.25) is 0 Å². The molecule has 0 aromatic heterocycles. The molecule has 1 aromatic carbocycles. The molecule has 0 heterocycles. The standard InChI is InChI=1S/C12H11NO/c1-3-9-13(10-4-2)11-5-7-12(14)8-6-11/h1-2,5-8,14H,9-10H2. The molecule has 0 aliphatic heterocycles. The lowest BCUT2D eigenvalue weighted by molar-refractivity contribution is 0.475. The average molecular weight is 185 g/mol. The lowest BCUT2D eigenvalue weighted by atomic mass is 10.2. The second-order valence-electron chi connectivity index (χ2n) is 2.78. The number of hydrogen-bond acceptors (Lipinski definition) is 2. The van der Waals surface area contributed by atoms with Gasteiger partial charge in [0.25, 0.3) is 0 Å². The van der Waals surface area contributed by atoms with Gasteiger partial charge < -0.3 is 10.0 Å². The minimum atomic E-state index is 0.232. The van der Waals surface area contributed by atoms with Gasteiger partial charge in [-0.05, 0) is 24.3 Å². The molecule has 0 fully saturated rings. The Morgan fingerprint density at radius 3 is 2.00 bits per heavy atom. The molecule has 2 heteroatoms. The monoisotopic (exact) mass is 185 g/mol. The van der Waals surface area contributed by atoms with E-state index in [0.717, 1.165) is 5.69 Å². The van der Waals surface area contributed by atoms with Crippen molar-refractivity contribution in [2.75, 3.05) is 18.0 Å². The number of rotatable bonds is 3. The quantitative estimate of drug-likeness (QED) is 0.721. The van der Waals surface area contributed by atoms with E-state index >= 15 is 0 Å². The van der Waals surface area contributed by atoms with E-state index in [0.29, 0.717) is 13.1 Å². The van der Waals surface area contributed by atoms with Gasteiger partial charge in [-0.3, -0.25) is 0 Å². The maximum Gasteiger partial charge on any atom is 0.115 e. The number of phenols is 1. The summed E-state index contributed by atoms with van der Waals surface area (Å²) in [6.45, 7) is 0.934. The van der Waals surface area contributed by atoms with Crippen LogP contribution in [0.5, 0.6) is 5.75 Å². The fourth-order valence-corrected chi connectivity index (χ4v) is 1.12. The Balaban J connectivity index is 2.84. The maximum absolute atomic E-state index is 9.10. The summed E-state index contributed by atoms with van der Waals surface area (Å²) in [5, 5.41) is 9.10. The molecule has 0 aliphatic carbocycles. The van der Waals surface area contributed by atoms with Gasteiger partial charge in [0, 0.05) is 5.69 Å². The fraction of sp³-hybridized carbons (Fsp3) is 0.167. The highest BCUT2D eigenvalue weighted by Crippen LogP contribution is 2.17. The molecule has 0 spiro atoms. The van der Waals surface area contributed by atoms with Crippen LogP contribution >= 0.6 is 0 Å². The summed E-state index contributed by atoms with van der Waals surface area (Å²) in [6, 6.07) is 6.78. The average Bonchev–Trinajstić information content (AvgIpc) is 2.19. The summed E-state index contributed by atoms with van der Waals surface area (Å²) in [6.07, 6.45) is 10.4. The van der Waals surface area contributed by atoms with E-state index in [1.54, 1.807) is 24.3 Å². The Labute approximate surface area is 84.2 Å². The molecular formula is C12H11NO. The molecule has 70 valence electrons. The van der Waals surface area contributed by atoms with E-state index in [4.69, 9.17) is 18.0 Å². The van der Waals surface area contributed by atoms with E-state index in [-0.39, 0.29) is 5.75 Å². The van der Waals surface area contributed by atoms with Gasteiger partial charge in [0.15, 0.2) is 0 Å². The van der Waals surface area contributed by atoms with E-state index < -0.39 is 0 Å². The molecule has 2 nitrogen and oxygen atoms in total. The lowest BCUT2D eigenvalue weighted by Crippen LogP contribution is -2.23. The third-order valence-corrected chi connectivity index (χ3v) is 1.78. The van der Waals surface area contributed by atoms with Gasteiger partial charge in [0.1, 0.15) is 5.75 Å². The number of hydrogen-bond donors (Lipinski definition) is 1. The summed E-state index contributed by atoms with van der Waals surface area (Å²) in [5.41, 5.74) is 0.915. The molecular weight excluding hydrogens is 174 g/mol. The summed E-state index contributed by atoms with van der Waals surface area (Å²) in [4.78, 5) is 1.87. The van der Waals surface area contributed by atoms with Crippen molar-refractivity contribution in [2.24, 2.45) is 0 Å². The van der Waals surface area contributed by atoms with Crippen molar-refractivity contribution in [3.8, 4) is 30.4 Å². The van der Waals surface area contributed by atoms with E-state index in [2.05, 4.69) is 11.8 Å². The molecule has 0 saturated carbocycles. The van der Waals surface area contributed by atoms with Crippen LogP contribution in [0.2, 0.25) is 0 Å². The molecule has 0 radical (unpaired) electrons. The van der Waals surface area contributed by atoms with Crippen molar-refractivity contribution in [3.05, 3.63) is 24.3 Å². The van der Waals surface area contributed by atoms with E-state index in [9.17, 15) is 0 Å². The highest BCUT2D eigenvalue weighted by Gasteiger charge is 2.02. The highest BCUT2D eigenvalue weighted by atomic mass is 16.3. The normalized spacial score (nSPS) is 8.71. The summed E-state index contributed by atoms with van der Waals surface area (Å²) >= 11 is 0. The van der Waals surface area contributed by atoms with Crippen molar-refractivity contribution in [1.82, 2.24) is 0 Å². The Hall–Kier alpha value is -2.06. The van der Waals surface area contributed by atoms with Gasteiger partial charge >= 0.3 is 0 Å². The van der Waals surface area contributed by atoms with Crippen LogP contribution in [0.3, 0.4) is 0 Å². The minimum absolute atomic E-state index is 0.232. The number of phenolic OH excluding ortho intramolecular Hbond substituents is 1. The molecule has 0 bridgehead atoms. The van der Waals surface area contributed by atoms with E-state index in [1.165, 1.54) is 0 Å². The number of terminal acetylenes is 2. The zero-order valence-corrected chi connectivity index (χ0v) is 7.77. The van der Waals surface area contributed by atoms with Crippen molar-refractivity contribution >= 4 is 5.69 Å². The Morgan fingerprint density at radius 1 is 1.07 bits per heavy atom. The van der Waals surface area contributed by atoms with Crippen LogP contribution in [-0.2, 0) is 0 Å². The number of aromatic hydroxyl groups is 1. The zero-order valence-electron chi connectivity index (χ0n) is 7.77. The van der Waals surface area contributed by atoms with Crippen LogP contribution < -0.4 is 4.90 Å². The molecule has 0 atom stereocenters. The summed E-state index contributed by atoms with van der Waals surface area (Å²) in [7, 11) is 0. The summed E-state index contributed by atoms with van der Waals surface area (Å²) in [5.74, 6) is 5.30. The SMILES string of the molecule is C#CCN(CC#C)c1ccc(O)cc1. The van der Waals surface area contributed by atoms with Gasteiger partial charge in [-0.25, -0.2) is 0 Å². The van der Waals surface area contributed by atoms with Crippen LogP contribution in [-0.4, -0.2) is 18.2 Å². The number of anilines is 1. The van der Waals surface area contributed by atoms with Gasteiger partial charge in [-0.15, -0.1) is 12.8 Å². The van der Waals surface area contributed by atoms with Crippen molar-refractivity contribution < 1.29 is 5.11 Å². The first-order valence-corrected chi connectivity index (χ1v) is 4.19. The molecule has 1 N–H and O–H groups in total. The Bertz CT molecular complexity index is 351. The molecule has 0 unspecified atom stereocenters. The van der Waals surface area contributed by atoms with Crippen LogP contribution in [0.4, 0.5) is 5.69 Å². The fourth-order valence-electron chi connectivity index (χ4n) is 1.12. The van der Waals surface area contributed by atoms with Gasteiger partial charge in [0.05, 0.1) is 13.1 Å². The van der Waals surface area contributed by atoms with Gasteiger partial charge in [-0.2, -0.15) is 0 Å². The van der Waals surface area contributed by atoms with Crippen LogP contribution in [0, 0.1) is 24.7 Å². The third-order valence-electron chi connectivity index (χ3n) is 1.78. The Morgan fingerprint density at radius 2 is 1.57 bits per heavy atom.